The van der Waals surface area contributed by atoms with E-state index in [1.54, 1.807) is 17.1 Å². The molecule has 1 saturated heterocycles. The topological polar surface area (TPSA) is 88.3 Å². The molecule has 0 aromatic carbocycles. The van der Waals surface area contributed by atoms with Crippen LogP contribution in [0.15, 0.2) is 42.0 Å². The van der Waals surface area contributed by atoms with Crippen LogP contribution in [-0.2, 0) is 9.53 Å². The van der Waals surface area contributed by atoms with Crippen molar-refractivity contribution in [2.45, 2.75) is 106 Å². The summed E-state index contributed by atoms with van der Waals surface area (Å²) in [6, 6.07) is 2.26. The maximum absolute atomic E-state index is 14.4. The Bertz CT molecular complexity index is 1440. The molecular formula is C35H45N3O3. The van der Waals surface area contributed by atoms with Gasteiger partial charge < -0.3 is 4.74 Å². The summed E-state index contributed by atoms with van der Waals surface area (Å²) in [5.41, 5.74) is 0.237. The molecule has 41 heavy (non-hydrogen) atoms. The number of allylic oxidation sites excluding steroid dienone is 3. The monoisotopic (exact) mass is 555 g/mol. The standard InChI is InChI=1S/C35H45N3O3/c1-30(2)10-12-35(29(40)38-15-14-37-20-38)13-11-34(7)26(22(35)18-30)27-23(41-27)16-25-32(5)17-21(19-36)28(39)31(3,4)24(32)8-9-33(25,34)6/h14-17,20,22-24,26-27H,8-13,18H2,1-7H3. The van der Waals surface area contributed by atoms with Gasteiger partial charge in [0, 0.05) is 23.2 Å². The highest BCUT2D eigenvalue weighted by Gasteiger charge is 2.73. The van der Waals surface area contributed by atoms with Crippen molar-refractivity contribution in [2.75, 3.05) is 0 Å². The van der Waals surface area contributed by atoms with E-state index in [2.05, 4.69) is 51.7 Å². The Balaban J connectivity index is 1.38. The van der Waals surface area contributed by atoms with E-state index in [4.69, 9.17) is 4.74 Å². The predicted molar refractivity (Wildman–Crippen MR) is 155 cm³/mol. The minimum Gasteiger partial charge on any atom is -0.365 e. The first-order valence-corrected chi connectivity index (χ1v) is 15.7. The van der Waals surface area contributed by atoms with E-state index in [-0.39, 0.29) is 57.9 Å². The number of nitrogens with zero attached hydrogens (tertiary/aromatic N) is 3. The van der Waals surface area contributed by atoms with Gasteiger partial charge in [-0.25, -0.2) is 4.98 Å². The lowest BCUT2D eigenvalue weighted by Gasteiger charge is -2.67. The van der Waals surface area contributed by atoms with Gasteiger partial charge in [-0.05, 0) is 78.9 Å². The molecule has 7 rings (SSSR count). The Labute approximate surface area is 244 Å². The average Bonchev–Trinajstić information content (AvgIpc) is 3.45. The summed E-state index contributed by atoms with van der Waals surface area (Å²) in [7, 11) is 0. The molecule has 0 radical (unpaired) electrons. The van der Waals surface area contributed by atoms with Crippen LogP contribution in [0.5, 0.6) is 0 Å². The number of carbonyl (C=O) groups is 2. The van der Waals surface area contributed by atoms with E-state index < -0.39 is 16.2 Å². The number of nitriles is 1. The molecule has 0 spiro atoms. The second-order valence-corrected chi connectivity index (χ2v) is 16.4. The Morgan fingerprint density at radius 2 is 1.80 bits per heavy atom. The molecule has 0 N–H and O–H groups in total. The molecule has 6 aliphatic rings. The Hall–Kier alpha value is -2.52. The van der Waals surface area contributed by atoms with Gasteiger partial charge in [0.2, 0.25) is 5.91 Å². The number of Topliss-reactive ketones (excluding diaryl/α,β-unsaturated/α-hetero) is 1. The van der Waals surface area contributed by atoms with Crippen LogP contribution in [0, 0.1) is 61.6 Å². The van der Waals surface area contributed by atoms with Crippen LogP contribution in [-0.4, -0.2) is 33.4 Å². The summed E-state index contributed by atoms with van der Waals surface area (Å²) >= 11 is 0. The minimum atomic E-state index is -0.598. The number of ketones is 1. The number of rotatable bonds is 1. The molecule has 1 aliphatic heterocycles. The quantitative estimate of drug-likeness (QED) is 0.277. The van der Waals surface area contributed by atoms with Crippen LogP contribution < -0.4 is 0 Å². The molecule has 1 aromatic heterocycles. The second kappa shape index (κ2) is 8.10. The number of fused-ring (bicyclic) bond motifs is 9. The number of ether oxygens (including phenoxy) is 1. The van der Waals surface area contributed by atoms with Crippen LogP contribution in [0.3, 0.4) is 0 Å². The number of hydrogen-bond acceptors (Lipinski definition) is 5. The van der Waals surface area contributed by atoms with Crippen molar-refractivity contribution in [3.05, 3.63) is 42.0 Å². The molecule has 1 aromatic rings. The molecule has 4 fully saturated rings. The van der Waals surface area contributed by atoms with Crippen molar-refractivity contribution in [1.29, 1.82) is 5.26 Å². The number of aromatic nitrogens is 2. The van der Waals surface area contributed by atoms with E-state index in [1.807, 2.05) is 26.1 Å². The van der Waals surface area contributed by atoms with Crippen LogP contribution in [0.25, 0.3) is 0 Å². The third kappa shape index (κ3) is 3.31. The van der Waals surface area contributed by atoms with Gasteiger partial charge in [-0.3, -0.25) is 14.2 Å². The van der Waals surface area contributed by atoms with Crippen LogP contribution in [0.1, 0.15) is 98.2 Å². The second-order valence-electron chi connectivity index (χ2n) is 16.4. The molecule has 218 valence electrons. The van der Waals surface area contributed by atoms with Crippen LogP contribution in [0.2, 0.25) is 0 Å². The van der Waals surface area contributed by atoms with Gasteiger partial charge in [-0.15, -0.1) is 0 Å². The Morgan fingerprint density at radius 1 is 1.07 bits per heavy atom. The van der Waals surface area contributed by atoms with Gasteiger partial charge in [-0.1, -0.05) is 66.2 Å². The largest absolute Gasteiger partial charge is 0.365 e. The van der Waals surface area contributed by atoms with E-state index in [1.165, 1.54) is 5.57 Å². The highest BCUT2D eigenvalue weighted by molar-refractivity contribution is 6.04. The number of epoxide rings is 1. The Kier molecular flexibility index (Phi) is 5.40. The normalized spacial score (nSPS) is 47.1. The van der Waals surface area contributed by atoms with Gasteiger partial charge in [0.15, 0.2) is 5.78 Å². The lowest BCUT2D eigenvalue weighted by atomic mass is 9.36. The smallest absolute Gasteiger partial charge is 0.238 e. The first-order valence-electron chi connectivity index (χ1n) is 15.7. The summed E-state index contributed by atoms with van der Waals surface area (Å²) in [5.74, 6) is 0.803. The van der Waals surface area contributed by atoms with Crippen LogP contribution >= 0.6 is 0 Å². The number of hydrogen-bond donors (Lipinski definition) is 0. The summed E-state index contributed by atoms with van der Waals surface area (Å²) in [6.45, 7) is 16.1. The predicted octanol–water partition coefficient (Wildman–Crippen LogP) is 6.94. The fourth-order valence-corrected chi connectivity index (χ4v) is 11.3. The maximum Gasteiger partial charge on any atom is 0.238 e. The number of imidazole rings is 1. The minimum absolute atomic E-state index is 0.0187. The summed E-state index contributed by atoms with van der Waals surface area (Å²) in [6.07, 6.45) is 16.5. The first-order chi connectivity index (χ1) is 19.1. The van der Waals surface area contributed by atoms with Gasteiger partial charge in [0.25, 0.3) is 0 Å². The van der Waals surface area contributed by atoms with Crippen LogP contribution in [0.4, 0.5) is 0 Å². The molecule has 2 heterocycles. The lowest BCUT2D eigenvalue weighted by Crippen LogP contribution is -2.63. The fraction of sp³-hybridized carbons (Fsp3) is 0.714. The summed E-state index contributed by atoms with van der Waals surface area (Å²) in [4.78, 5) is 32.0. The number of carbonyl (C=O) groups excluding carboxylic acids is 2. The third-order valence-electron chi connectivity index (χ3n) is 13.8. The van der Waals surface area contributed by atoms with Gasteiger partial charge in [-0.2, -0.15) is 5.26 Å². The maximum atomic E-state index is 14.4. The molecule has 0 bridgehead atoms. The average molecular weight is 556 g/mol. The SMILES string of the molecule is CC1(C)CCC2(C(=O)n3ccnc3)CCC3(C)C(C4OC4C=C4C5(C)C=C(C#N)C(=O)C(C)(C)C5CCC43C)C2C1. The molecule has 0 amide bonds. The summed E-state index contributed by atoms with van der Waals surface area (Å²) < 4.78 is 8.35. The molecule has 9 atom stereocenters. The molecule has 9 unspecified atom stereocenters. The Morgan fingerprint density at radius 3 is 2.49 bits per heavy atom. The van der Waals surface area contributed by atoms with E-state index >= 15 is 0 Å². The van der Waals surface area contributed by atoms with Crippen molar-refractivity contribution in [1.82, 2.24) is 9.55 Å². The van der Waals surface area contributed by atoms with E-state index in [0.717, 1.165) is 44.9 Å². The summed E-state index contributed by atoms with van der Waals surface area (Å²) in [5, 5.41) is 10.0. The zero-order valence-electron chi connectivity index (χ0n) is 25.8. The molecule has 5 aliphatic carbocycles. The molecule has 6 nitrogen and oxygen atoms in total. The molecule has 6 heteroatoms. The third-order valence-corrected chi connectivity index (χ3v) is 13.8. The molecular weight excluding hydrogens is 510 g/mol. The van der Waals surface area contributed by atoms with Gasteiger partial charge in [0.1, 0.15) is 18.5 Å². The highest BCUT2D eigenvalue weighted by atomic mass is 16.6. The van der Waals surface area contributed by atoms with Gasteiger partial charge >= 0.3 is 0 Å². The highest BCUT2D eigenvalue weighted by Crippen LogP contribution is 2.76. The fourth-order valence-electron chi connectivity index (χ4n) is 11.3. The molecule has 3 saturated carbocycles. The van der Waals surface area contributed by atoms with Crippen molar-refractivity contribution >= 4 is 11.7 Å². The van der Waals surface area contributed by atoms with E-state index in [9.17, 15) is 14.9 Å². The van der Waals surface area contributed by atoms with Gasteiger partial charge in [0.05, 0.1) is 17.1 Å². The zero-order chi connectivity index (χ0) is 29.4. The lowest BCUT2D eigenvalue weighted by molar-refractivity contribution is -0.149. The van der Waals surface area contributed by atoms with Crippen molar-refractivity contribution < 1.29 is 14.3 Å². The zero-order valence-corrected chi connectivity index (χ0v) is 25.8. The van der Waals surface area contributed by atoms with Crippen molar-refractivity contribution in [3.8, 4) is 6.07 Å². The first kappa shape index (κ1) is 27.3. The van der Waals surface area contributed by atoms with Crippen molar-refractivity contribution in [3.63, 3.8) is 0 Å². The van der Waals surface area contributed by atoms with E-state index in [0.29, 0.717) is 5.57 Å². The van der Waals surface area contributed by atoms with Crippen molar-refractivity contribution in [2.24, 2.45) is 50.2 Å².